The summed E-state index contributed by atoms with van der Waals surface area (Å²) < 4.78 is 10.7. The molecule has 3 N–H and O–H groups in total. The van der Waals surface area contributed by atoms with E-state index in [2.05, 4.69) is 12.3 Å². The Hall–Kier alpha value is -0.840. The average Bonchev–Trinajstić information content (AvgIpc) is 2.60. The molecule has 0 saturated carbocycles. The first-order valence-corrected chi connectivity index (χ1v) is 4.87. The summed E-state index contributed by atoms with van der Waals surface area (Å²) in [6, 6.07) is 1.86. The molecule has 0 fully saturated rings. The number of rotatable bonds is 6. The van der Waals surface area contributed by atoms with Gasteiger partial charge in [-0.25, -0.2) is 5.43 Å². The molecule has 1 heterocycles. The fourth-order valence-electron chi connectivity index (χ4n) is 1.29. The smallest absolute Gasteiger partial charge is 0.127 e. The quantitative estimate of drug-likeness (QED) is 0.413. The molecule has 0 aliphatic heterocycles. The number of ether oxygens (including phenoxy) is 1. The van der Waals surface area contributed by atoms with Crippen LogP contribution in [-0.4, -0.2) is 13.2 Å². The van der Waals surface area contributed by atoms with Gasteiger partial charge in [0.2, 0.25) is 0 Å². The van der Waals surface area contributed by atoms with Gasteiger partial charge in [-0.2, -0.15) is 0 Å². The van der Waals surface area contributed by atoms with Crippen molar-refractivity contribution < 1.29 is 9.15 Å². The summed E-state index contributed by atoms with van der Waals surface area (Å²) in [6.45, 7) is 5.35. The maximum absolute atomic E-state index is 5.43. The minimum Gasteiger partial charge on any atom is -0.467 e. The number of nitrogens with one attached hydrogen (secondary N) is 1. The predicted octanol–water partition coefficient (Wildman–Crippen LogP) is 1.52. The highest BCUT2D eigenvalue weighted by atomic mass is 16.5. The van der Waals surface area contributed by atoms with Gasteiger partial charge in [0.15, 0.2) is 0 Å². The molecule has 1 aromatic heterocycles. The summed E-state index contributed by atoms with van der Waals surface area (Å²) in [5.74, 6) is 6.28. The van der Waals surface area contributed by atoms with E-state index in [4.69, 9.17) is 15.0 Å². The number of nitrogens with two attached hydrogens (primary N) is 1. The molecule has 1 unspecified atom stereocenters. The fraction of sp³-hybridized carbons (Fsp3) is 0.600. The van der Waals surface area contributed by atoms with Gasteiger partial charge in [0.1, 0.15) is 11.8 Å². The Labute approximate surface area is 84.4 Å². The SMILES string of the molecule is CCCOCC(NN)c1occc1C. The van der Waals surface area contributed by atoms with Crippen molar-refractivity contribution >= 4 is 0 Å². The predicted molar refractivity (Wildman–Crippen MR) is 54.6 cm³/mol. The van der Waals surface area contributed by atoms with Crippen molar-refractivity contribution in [1.82, 2.24) is 5.43 Å². The Bertz CT molecular complexity index is 260. The van der Waals surface area contributed by atoms with E-state index in [0.717, 1.165) is 24.4 Å². The molecule has 0 spiro atoms. The molecule has 0 radical (unpaired) electrons. The Morgan fingerprint density at radius 2 is 2.43 bits per heavy atom. The van der Waals surface area contributed by atoms with Crippen LogP contribution in [-0.2, 0) is 4.74 Å². The van der Waals surface area contributed by atoms with Gasteiger partial charge in [-0.05, 0) is 25.0 Å². The number of hydrogen-bond acceptors (Lipinski definition) is 4. The third-order valence-corrected chi connectivity index (χ3v) is 2.05. The summed E-state index contributed by atoms with van der Waals surface area (Å²) in [5.41, 5.74) is 3.78. The highest BCUT2D eigenvalue weighted by Crippen LogP contribution is 2.18. The number of aryl methyl sites for hydroxylation is 1. The Morgan fingerprint density at radius 1 is 1.64 bits per heavy atom. The molecular weight excluding hydrogens is 180 g/mol. The van der Waals surface area contributed by atoms with Gasteiger partial charge in [0.05, 0.1) is 12.9 Å². The Kier molecular flexibility index (Phi) is 4.65. The zero-order valence-corrected chi connectivity index (χ0v) is 8.75. The second kappa shape index (κ2) is 5.80. The topological polar surface area (TPSA) is 60.4 Å². The number of hydrazine groups is 1. The molecular formula is C10H18N2O2. The molecule has 4 heteroatoms. The van der Waals surface area contributed by atoms with E-state index in [1.54, 1.807) is 6.26 Å². The summed E-state index contributed by atoms with van der Waals surface area (Å²) in [7, 11) is 0. The lowest BCUT2D eigenvalue weighted by atomic mass is 10.2. The van der Waals surface area contributed by atoms with Crippen LogP contribution in [0.3, 0.4) is 0 Å². The largest absolute Gasteiger partial charge is 0.467 e. The zero-order valence-electron chi connectivity index (χ0n) is 8.75. The normalized spacial score (nSPS) is 13.1. The molecule has 1 aromatic rings. The van der Waals surface area contributed by atoms with Crippen LogP contribution < -0.4 is 11.3 Å². The van der Waals surface area contributed by atoms with Crippen LogP contribution in [0.4, 0.5) is 0 Å². The molecule has 0 aromatic carbocycles. The van der Waals surface area contributed by atoms with Crippen LogP contribution in [0.2, 0.25) is 0 Å². The lowest BCUT2D eigenvalue weighted by Gasteiger charge is -2.14. The van der Waals surface area contributed by atoms with Gasteiger partial charge >= 0.3 is 0 Å². The monoisotopic (exact) mass is 198 g/mol. The first-order valence-electron chi connectivity index (χ1n) is 4.87. The highest BCUT2D eigenvalue weighted by Gasteiger charge is 2.15. The van der Waals surface area contributed by atoms with Crippen LogP contribution >= 0.6 is 0 Å². The van der Waals surface area contributed by atoms with Crippen LogP contribution in [0.25, 0.3) is 0 Å². The van der Waals surface area contributed by atoms with E-state index in [9.17, 15) is 0 Å². The van der Waals surface area contributed by atoms with Gasteiger partial charge in [-0.3, -0.25) is 5.84 Å². The van der Waals surface area contributed by atoms with E-state index in [1.807, 2.05) is 13.0 Å². The summed E-state index contributed by atoms with van der Waals surface area (Å²) in [5, 5.41) is 0. The maximum atomic E-state index is 5.43. The van der Waals surface area contributed by atoms with Crippen molar-refractivity contribution in [1.29, 1.82) is 0 Å². The van der Waals surface area contributed by atoms with Crippen LogP contribution in [0.1, 0.15) is 30.7 Å². The van der Waals surface area contributed by atoms with Crippen molar-refractivity contribution in [3.63, 3.8) is 0 Å². The van der Waals surface area contributed by atoms with Gasteiger partial charge in [0, 0.05) is 6.61 Å². The minimum atomic E-state index is -0.0588. The van der Waals surface area contributed by atoms with Crippen molar-refractivity contribution in [3.05, 3.63) is 23.7 Å². The summed E-state index contributed by atoms with van der Waals surface area (Å²) in [4.78, 5) is 0. The molecule has 1 atom stereocenters. The molecule has 0 aliphatic rings. The van der Waals surface area contributed by atoms with E-state index in [0.29, 0.717) is 6.61 Å². The van der Waals surface area contributed by atoms with Gasteiger partial charge < -0.3 is 9.15 Å². The summed E-state index contributed by atoms with van der Waals surface area (Å²) in [6.07, 6.45) is 2.67. The van der Waals surface area contributed by atoms with Crippen molar-refractivity contribution in [3.8, 4) is 0 Å². The van der Waals surface area contributed by atoms with Crippen LogP contribution in [0.5, 0.6) is 0 Å². The molecule has 80 valence electrons. The zero-order chi connectivity index (χ0) is 10.4. The second-order valence-corrected chi connectivity index (χ2v) is 3.26. The van der Waals surface area contributed by atoms with Crippen molar-refractivity contribution in [2.24, 2.45) is 5.84 Å². The number of furan rings is 1. The Balaban J connectivity index is 2.50. The molecule has 0 bridgehead atoms. The first kappa shape index (κ1) is 11.2. The maximum Gasteiger partial charge on any atom is 0.127 e. The van der Waals surface area contributed by atoms with E-state index in [1.165, 1.54) is 0 Å². The highest BCUT2D eigenvalue weighted by molar-refractivity contribution is 5.18. The summed E-state index contributed by atoms with van der Waals surface area (Å²) >= 11 is 0. The van der Waals surface area contributed by atoms with Crippen molar-refractivity contribution in [2.45, 2.75) is 26.3 Å². The molecule has 14 heavy (non-hydrogen) atoms. The lowest BCUT2D eigenvalue weighted by Crippen LogP contribution is -2.31. The van der Waals surface area contributed by atoms with Crippen molar-refractivity contribution in [2.75, 3.05) is 13.2 Å². The van der Waals surface area contributed by atoms with E-state index in [-0.39, 0.29) is 6.04 Å². The molecule has 0 amide bonds. The van der Waals surface area contributed by atoms with Crippen LogP contribution in [0, 0.1) is 6.92 Å². The third kappa shape index (κ3) is 2.83. The van der Waals surface area contributed by atoms with Gasteiger partial charge in [0.25, 0.3) is 0 Å². The second-order valence-electron chi connectivity index (χ2n) is 3.26. The molecule has 0 saturated heterocycles. The average molecular weight is 198 g/mol. The molecule has 1 rings (SSSR count). The molecule has 4 nitrogen and oxygen atoms in total. The number of hydrogen-bond donors (Lipinski definition) is 2. The minimum absolute atomic E-state index is 0.0588. The third-order valence-electron chi connectivity index (χ3n) is 2.05. The fourth-order valence-corrected chi connectivity index (χ4v) is 1.29. The molecule has 0 aliphatic carbocycles. The lowest BCUT2D eigenvalue weighted by molar-refractivity contribution is 0.105. The van der Waals surface area contributed by atoms with Gasteiger partial charge in [-0.15, -0.1) is 0 Å². The van der Waals surface area contributed by atoms with E-state index < -0.39 is 0 Å². The standard InChI is InChI=1S/C10H18N2O2/c1-3-5-13-7-9(12-11)10-8(2)4-6-14-10/h4,6,9,12H,3,5,7,11H2,1-2H3. The Morgan fingerprint density at radius 3 is 2.93 bits per heavy atom. The van der Waals surface area contributed by atoms with Crippen LogP contribution in [0.15, 0.2) is 16.7 Å². The van der Waals surface area contributed by atoms with Gasteiger partial charge in [-0.1, -0.05) is 6.92 Å². The first-order chi connectivity index (χ1) is 6.79. The van der Waals surface area contributed by atoms with E-state index >= 15 is 0 Å².